The minimum Gasteiger partial charge on any atom is -0.361 e. The number of hydrogen-bond donors (Lipinski definition) is 2. The number of fused-ring (bicyclic) bond motifs is 1. The Labute approximate surface area is 181 Å². The van der Waals surface area contributed by atoms with Crippen molar-refractivity contribution in [3.8, 4) is 0 Å². The number of sulfonamides is 1. The highest BCUT2D eigenvalue weighted by Gasteiger charge is 2.21. The van der Waals surface area contributed by atoms with Gasteiger partial charge in [0.1, 0.15) is 0 Å². The SMILES string of the molecule is CN(Cc1ccccc1)S(=O)(=O)c1ccc(NC(=O)Cc2c[nH]c3ccccc23)cc1. The van der Waals surface area contributed by atoms with Crippen LogP contribution < -0.4 is 5.32 Å². The van der Waals surface area contributed by atoms with Crippen LogP contribution in [0, 0.1) is 0 Å². The number of hydrogen-bond acceptors (Lipinski definition) is 3. The number of nitrogens with zero attached hydrogens (tertiary/aromatic N) is 1. The van der Waals surface area contributed by atoms with Crippen LogP contribution >= 0.6 is 0 Å². The molecule has 0 saturated carbocycles. The number of anilines is 1. The van der Waals surface area contributed by atoms with Gasteiger partial charge in [-0.1, -0.05) is 48.5 Å². The smallest absolute Gasteiger partial charge is 0.243 e. The van der Waals surface area contributed by atoms with Crippen LogP contribution in [-0.2, 0) is 27.8 Å². The zero-order chi connectivity index (χ0) is 21.8. The Morgan fingerprint density at radius 3 is 2.35 bits per heavy atom. The molecule has 4 aromatic rings. The van der Waals surface area contributed by atoms with Crippen LogP contribution in [0.25, 0.3) is 10.9 Å². The van der Waals surface area contributed by atoms with Gasteiger partial charge in [0.15, 0.2) is 0 Å². The molecule has 2 N–H and O–H groups in total. The van der Waals surface area contributed by atoms with Crippen LogP contribution in [-0.4, -0.2) is 30.7 Å². The number of aromatic nitrogens is 1. The molecule has 0 spiro atoms. The van der Waals surface area contributed by atoms with Gasteiger partial charge in [-0.25, -0.2) is 8.42 Å². The van der Waals surface area contributed by atoms with Crippen LogP contribution in [0.2, 0.25) is 0 Å². The summed E-state index contributed by atoms with van der Waals surface area (Å²) in [7, 11) is -2.08. The Morgan fingerprint density at radius 2 is 1.61 bits per heavy atom. The predicted octanol–water partition coefficient (Wildman–Crippen LogP) is 4.17. The van der Waals surface area contributed by atoms with E-state index in [4.69, 9.17) is 0 Å². The van der Waals surface area contributed by atoms with Gasteiger partial charge in [-0.15, -0.1) is 0 Å². The fourth-order valence-corrected chi connectivity index (χ4v) is 4.63. The first kappa shape index (κ1) is 20.8. The first-order valence-electron chi connectivity index (χ1n) is 9.89. The molecule has 1 amide bonds. The highest BCUT2D eigenvalue weighted by molar-refractivity contribution is 7.89. The summed E-state index contributed by atoms with van der Waals surface area (Å²) in [6.07, 6.45) is 2.06. The average molecular weight is 434 g/mol. The molecule has 7 heteroatoms. The minimum atomic E-state index is -3.63. The van der Waals surface area contributed by atoms with E-state index >= 15 is 0 Å². The third-order valence-corrected chi connectivity index (χ3v) is 6.94. The number of H-pyrrole nitrogens is 1. The van der Waals surface area contributed by atoms with E-state index in [2.05, 4.69) is 10.3 Å². The van der Waals surface area contributed by atoms with Gasteiger partial charge < -0.3 is 10.3 Å². The van der Waals surface area contributed by atoms with Crippen molar-refractivity contribution in [1.29, 1.82) is 0 Å². The summed E-state index contributed by atoms with van der Waals surface area (Å²) in [6.45, 7) is 0.284. The van der Waals surface area contributed by atoms with E-state index < -0.39 is 10.0 Å². The van der Waals surface area contributed by atoms with Gasteiger partial charge >= 0.3 is 0 Å². The van der Waals surface area contributed by atoms with Crippen molar-refractivity contribution < 1.29 is 13.2 Å². The van der Waals surface area contributed by atoms with Crippen molar-refractivity contribution in [3.63, 3.8) is 0 Å². The van der Waals surface area contributed by atoms with E-state index in [0.717, 1.165) is 22.0 Å². The topological polar surface area (TPSA) is 82.3 Å². The summed E-state index contributed by atoms with van der Waals surface area (Å²) in [5.41, 5.74) is 3.36. The van der Waals surface area contributed by atoms with E-state index in [1.54, 1.807) is 19.2 Å². The van der Waals surface area contributed by atoms with Crippen molar-refractivity contribution in [2.75, 3.05) is 12.4 Å². The largest absolute Gasteiger partial charge is 0.361 e. The summed E-state index contributed by atoms with van der Waals surface area (Å²) in [5.74, 6) is -0.165. The molecule has 0 bridgehead atoms. The maximum atomic E-state index is 12.8. The van der Waals surface area contributed by atoms with Gasteiger partial charge in [-0.2, -0.15) is 4.31 Å². The highest BCUT2D eigenvalue weighted by Crippen LogP contribution is 2.21. The third kappa shape index (κ3) is 4.68. The van der Waals surface area contributed by atoms with E-state index in [-0.39, 0.29) is 23.8 Å². The monoisotopic (exact) mass is 433 g/mol. The fraction of sp³-hybridized carbons (Fsp3) is 0.125. The van der Waals surface area contributed by atoms with Crippen LogP contribution in [0.1, 0.15) is 11.1 Å². The van der Waals surface area contributed by atoms with Crippen LogP contribution in [0.4, 0.5) is 5.69 Å². The number of amides is 1. The molecule has 31 heavy (non-hydrogen) atoms. The number of aromatic amines is 1. The molecule has 158 valence electrons. The summed E-state index contributed by atoms with van der Waals surface area (Å²) < 4.78 is 27.0. The molecule has 0 aliphatic rings. The van der Waals surface area contributed by atoms with E-state index in [1.807, 2.05) is 60.8 Å². The molecule has 0 aliphatic heterocycles. The molecule has 0 fully saturated rings. The van der Waals surface area contributed by atoms with Gasteiger partial charge in [-0.05, 0) is 41.5 Å². The molecular weight excluding hydrogens is 410 g/mol. The highest BCUT2D eigenvalue weighted by atomic mass is 32.2. The fourth-order valence-electron chi connectivity index (χ4n) is 3.47. The lowest BCUT2D eigenvalue weighted by atomic mass is 10.1. The molecular formula is C24H23N3O3S. The van der Waals surface area contributed by atoms with Crippen molar-refractivity contribution >= 4 is 32.5 Å². The third-order valence-electron chi connectivity index (χ3n) is 5.12. The standard InChI is InChI=1S/C24H23N3O3S/c1-27(17-18-7-3-2-4-8-18)31(29,30)21-13-11-20(12-14-21)26-24(28)15-19-16-25-23-10-6-5-9-22(19)23/h2-14,16,25H,15,17H2,1H3,(H,26,28). The van der Waals surface area contributed by atoms with Crippen molar-refractivity contribution in [3.05, 3.63) is 96.2 Å². The normalized spacial score (nSPS) is 11.7. The van der Waals surface area contributed by atoms with E-state index in [1.165, 1.54) is 16.4 Å². The Bertz CT molecular complexity index is 1300. The molecule has 1 heterocycles. The lowest BCUT2D eigenvalue weighted by Gasteiger charge is -2.17. The van der Waals surface area contributed by atoms with Gasteiger partial charge in [0, 0.05) is 36.4 Å². The number of rotatable bonds is 7. The lowest BCUT2D eigenvalue weighted by Crippen LogP contribution is -2.26. The Balaban J connectivity index is 1.42. The Kier molecular flexibility index (Phi) is 5.88. The zero-order valence-corrected chi connectivity index (χ0v) is 17.9. The second kappa shape index (κ2) is 8.75. The number of para-hydroxylation sites is 1. The zero-order valence-electron chi connectivity index (χ0n) is 17.1. The lowest BCUT2D eigenvalue weighted by molar-refractivity contribution is -0.115. The Hall–Kier alpha value is -3.42. The van der Waals surface area contributed by atoms with Gasteiger partial charge in [0.05, 0.1) is 11.3 Å². The summed E-state index contributed by atoms with van der Waals surface area (Å²) >= 11 is 0. The van der Waals surface area contributed by atoms with Crippen molar-refractivity contribution in [2.45, 2.75) is 17.9 Å². The van der Waals surface area contributed by atoms with E-state index in [9.17, 15) is 13.2 Å². The number of carbonyl (C=O) groups excluding carboxylic acids is 1. The molecule has 6 nitrogen and oxygen atoms in total. The maximum absolute atomic E-state index is 12.8. The molecule has 0 radical (unpaired) electrons. The molecule has 0 aliphatic carbocycles. The van der Waals surface area contributed by atoms with Gasteiger partial charge in [0.2, 0.25) is 15.9 Å². The van der Waals surface area contributed by atoms with E-state index in [0.29, 0.717) is 5.69 Å². The molecule has 4 rings (SSSR count). The number of carbonyl (C=O) groups is 1. The average Bonchev–Trinajstić information content (AvgIpc) is 3.17. The molecule has 0 saturated heterocycles. The molecule has 1 aromatic heterocycles. The van der Waals surface area contributed by atoms with Gasteiger partial charge in [0.25, 0.3) is 0 Å². The molecule has 3 aromatic carbocycles. The number of nitrogens with one attached hydrogen (secondary N) is 2. The maximum Gasteiger partial charge on any atom is 0.243 e. The first-order valence-corrected chi connectivity index (χ1v) is 11.3. The van der Waals surface area contributed by atoms with Crippen molar-refractivity contribution in [2.24, 2.45) is 0 Å². The van der Waals surface area contributed by atoms with Crippen LogP contribution in [0.3, 0.4) is 0 Å². The van der Waals surface area contributed by atoms with Crippen LogP contribution in [0.5, 0.6) is 0 Å². The minimum absolute atomic E-state index is 0.165. The summed E-state index contributed by atoms with van der Waals surface area (Å²) in [6, 6.07) is 23.5. The second-order valence-electron chi connectivity index (χ2n) is 7.36. The second-order valence-corrected chi connectivity index (χ2v) is 9.40. The number of benzene rings is 3. The quantitative estimate of drug-likeness (QED) is 0.459. The molecule has 0 atom stereocenters. The van der Waals surface area contributed by atoms with Crippen molar-refractivity contribution in [1.82, 2.24) is 9.29 Å². The van der Waals surface area contributed by atoms with Gasteiger partial charge in [-0.3, -0.25) is 4.79 Å². The first-order chi connectivity index (χ1) is 14.9. The predicted molar refractivity (Wildman–Crippen MR) is 122 cm³/mol. The molecule has 0 unspecified atom stereocenters. The summed E-state index contributed by atoms with van der Waals surface area (Å²) in [5, 5.41) is 3.85. The van der Waals surface area contributed by atoms with Crippen LogP contribution in [0.15, 0.2) is 90.0 Å². The summed E-state index contributed by atoms with van der Waals surface area (Å²) in [4.78, 5) is 15.8. The Morgan fingerprint density at radius 1 is 0.935 bits per heavy atom.